The normalized spacial score (nSPS) is 16.8. The Balaban J connectivity index is 0.00000180. The SMILES string of the molecule is I.NC(=NCc1ccc(F)cc1)NC1CCCCC1. The average molecular weight is 377 g/mol. The van der Waals surface area contributed by atoms with Crippen LogP contribution in [0.2, 0.25) is 0 Å². The number of nitrogens with two attached hydrogens (primary N) is 1. The monoisotopic (exact) mass is 377 g/mol. The van der Waals surface area contributed by atoms with Crippen LogP contribution < -0.4 is 11.1 Å². The summed E-state index contributed by atoms with van der Waals surface area (Å²) in [6.45, 7) is 0.492. The van der Waals surface area contributed by atoms with Gasteiger partial charge in [-0.2, -0.15) is 0 Å². The lowest BCUT2D eigenvalue weighted by Gasteiger charge is -2.23. The van der Waals surface area contributed by atoms with E-state index in [-0.39, 0.29) is 29.8 Å². The van der Waals surface area contributed by atoms with Crippen LogP contribution in [-0.4, -0.2) is 12.0 Å². The fourth-order valence-electron chi connectivity index (χ4n) is 2.27. The molecule has 1 aromatic carbocycles. The van der Waals surface area contributed by atoms with E-state index in [0.717, 1.165) is 5.56 Å². The van der Waals surface area contributed by atoms with E-state index in [0.29, 0.717) is 18.5 Å². The lowest BCUT2D eigenvalue weighted by molar-refractivity contribution is 0.412. The molecule has 0 bridgehead atoms. The molecule has 0 aromatic heterocycles. The lowest BCUT2D eigenvalue weighted by atomic mass is 9.96. The van der Waals surface area contributed by atoms with E-state index in [1.807, 2.05) is 0 Å². The Kier molecular flexibility index (Phi) is 7.12. The number of halogens is 2. The molecule has 0 atom stereocenters. The topological polar surface area (TPSA) is 50.4 Å². The Morgan fingerprint density at radius 3 is 2.47 bits per heavy atom. The third-order valence-electron chi connectivity index (χ3n) is 3.30. The second-order valence-corrected chi connectivity index (χ2v) is 4.81. The number of benzene rings is 1. The van der Waals surface area contributed by atoms with Crippen molar-refractivity contribution in [1.29, 1.82) is 0 Å². The smallest absolute Gasteiger partial charge is 0.189 e. The lowest BCUT2D eigenvalue weighted by Crippen LogP contribution is -2.41. The van der Waals surface area contributed by atoms with Gasteiger partial charge in [-0.05, 0) is 30.5 Å². The van der Waals surface area contributed by atoms with E-state index in [4.69, 9.17) is 5.73 Å². The van der Waals surface area contributed by atoms with Crippen LogP contribution in [0.3, 0.4) is 0 Å². The van der Waals surface area contributed by atoms with Crippen molar-refractivity contribution in [3.8, 4) is 0 Å². The summed E-state index contributed by atoms with van der Waals surface area (Å²) >= 11 is 0. The van der Waals surface area contributed by atoms with Crippen molar-refractivity contribution < 1.29 is 4.39 Å². The predicted molar refractivity (Wildman–Crippen MR) is 87.2 cm³/mol. The van der Waals surface area contributed by atoms with Gasteiger partial charge in [0.05, 0.1) is 6.54 Å². The van der Waals surface area contributed by atoms with Crippen LogP contribution in [0, 0.1) is 5.82 Å². The van der Waals surface area contributed by atoms with Gasteiger partial charge in [0.1, 0.15) is 5.82 Å². The zero-order valence-corrected chi connectivity index (χ0v) is 13.3. The quantitative estimate of drug-likeness (QED) is 0.483. The number of hydrogen-bond acceptors (Lipinski definition) is 1. The Labute approximate surface area is 130 Å². The average Bonchev–Trinajstić information content (AvgIpc) is 2.39. The van der Waals surface area contributed by atoms with Gasteiger partial charge in [0.25, 0.3) is 0 Å². The molecule has 1 saturated carbocycles. The number of hydrogen-bond donors (Lipinski definition) is 2. The molecule has 3 N–H and O–H groups in total. The van der Waals surface area contributed by atoms with Gasteiger partial charge in [0.2, 0.25) is 0 Å². The standard InChI is InChI=1S/C14H20FN3.HI/c15-12-8-6-11(7-9-12)10-17-14(16)18-13-4-2-1-3-5-13;/h6-9,13H,1-5,10H2,(H3,16,17,18);1H. The molecule has 1 aliphatic carbocycles. The minimum Gasteiger partial charge on any atom is -0.370 e. The molecule has 19 heavy (non-hydrogen) atoms. The van der Waals surface area contributed by atoms with Crippen LogP contribution in [0.25, 0.3) is 0 Å². The fraction of sp³-hybridized carbons (Fsp3) is 0.500. The van der Waals surface area contributed by atoms with Crippen LogP contribution >= 0.6 is 24.0 Å². The number of rotatable bonds is 3. The predicted octanol–water partition coefficient (Wildman–Crippen LogP) is 3.18. The van der Waals surface area contributed by atoms with Crippen molar-refractivity contribution >= 4 is 29.9 Å². The zero-order chi connectivity index (χ0) is 12.8. The Hall–Kier alpha value is -0.850. The van der Waals surface area contributed by atoms with E-state index in [1.165, 1.54) is 44.2 Å². The van der Waals surface area contributed by atoms with Crippen LogP contribution in [0.4, 0.5) is 4.39 Å². The second kappa shape index (κ2) is 8.35. The summed E-state index contributed by atoms with van der Waals surface area (Å²) < 4.78 is 12.7. The summed E-state index contributed by atoms with van der Waals surface area (Å²) in [7, 11) is 0. The molecule has 0 radical (unpaired) electrons. The molecule has 1 fully saturated rings. The summed E-state index contributed by atoms with van der Waals surface area (Å²) in [6.07, 6.45) is 6.20. The minimum atomic E-state index is -0.226. The van der Waals surface area contributed by atoms with E-state index in [2.05, 4.69) is 10.3 Å². The molecule has 0 heterocycles. The molecule has 5 heteroatoms. The van der Waals surface area contributed by atoms with Crippen molar-refractivity contribution in [3.63, 3.8) is 0 Å². The molecule has 0 spiro atoms. The molecule has 3 nitrogen and oxygen atoms in total. The first-order valence-electron chi connectivity index (χ1n) is 6.55. The molecule has 0 saturated heterocycles. The van der Waals surface area contributed by atoms with Crippen molar-refractivity contribution in [2.24, 2.45) is 10.7 Å². The first kappa shape index (κ1) is 16.2. The number of nitrogens with zero attached hydrogens (tertiary/aromatic N) is 1. The second-order valence-electron chi connectivity index (χ2n) is 4.81. The van der Waals surface area contributed by atoms with Gasteiger partial charge in [-0.1, -0.05) is 31.4 Å². The molecule has 2 rings (SSSR count). The highest BCUT2D eigenvalue weighted by Crippen LogP contribution is 2.17. The molecule has 1 aromatic rings. The first-order valence-corrected chi connectivity index (χ1v) is 6.55. The molecular formula is C14H21FIN3. The number of aliphatic imine (C=N–C) groups is 1. The van der Waals surface area contributed by atoms with Crippen molar-refractivity contribution in [3.05, 3.63) is 35.6 Å². The molecule has 0 amide bonds. The van der Waals surface area contributed by atoms with Crippen LogP contribution in [0.15, 0.2) is 29.3 Å². The maximum absolute atomic E-state index is 12.7. The van der Waals surface area contributed by atoms with Gasteiger partial charge in [-0.15, -0.1) is 24.0 Å². The van der Waals surface area contributed by atoms with Crippen LogP contribution in [0.5, 0.6) is 0 Å². The van der Waals surface area contributed by atoms with Crippen molar-refractivity contribution in [2.45, 2.75) is 44.7 Å². The summed E-state index contributed by atoms with van der Waals surface area (Å²) in [5, 5.41) is 3.25. The van der Waals surface area contributed by atoms with E-state index in [1.54, 1.807) is 12.1 Å². The maximum atomic E-state index is 12.7. The third kappa shape index (κ3) is 5.76. The molecule has 106 valence electrons. The number of nitrogens with one attached hydrogen (secondary N) is 1. The van der Waals surface area contributed by atoms with Gasteiger partial charge in [-0.3, -0.25) is 0 Å². The summed E-state index contributed by atoms with van der Waals surface area (Å²) in [6, 6.07) is 6.81. The van der Waals surface area contributed by atoms with Gasteiger partial charge >= 0.3 is 0 Å². The highest BCUT2D eigenvalue weighted by atomic mass is 127. The van der Waals surface area contributed by atoms with Gasteiger partial charge in [-0.25, -0.2) is 9.38 Å². The van der Waals surface area contributed by atoms with E-state index >= 15 is 0 Å². The van der Waals surface area contributed by atoms with Gasteiger partial charge in [0.15, 0.2) is 5.96 Å². The summed E-state index contributed by atoms with van der Waals surface area (Å²) in [5.74, 6) is 0.266. The summed E-state index contributed by atoms with van der Waals surface area (Å²) in [4.78, 5) is 4.28. The first-order chi connectivity index (χ1) is 8.74. The number of guanidine groups is 1. The molecule has 1 aliphatic rings. The Morgan fingerprint density at radius 2 is 1.84 bits per heavy atom. The van der Waals surface area contributed by atoms with E-state index in [9.17, 15) is 4.39 Å². The van der Waals surface area contributed by atoms with Gasteiger partial charge in [0, 0.05) is 6.04 Å². The van der Waals surface area contributed by atoms with Crippen LogP contribution in [-0.2, 0) is 6.54 Å². The van der Waals surface area contributed by atoms with Crippen molar-refractivity contribution in [2.75, 3.05) is 0 Å². The maximum Gasteiger partial charge on any atom is 0.189 e. The zero-order valence-electron chi connectivity index (χ0n) is 10.9. The Morgan fingerprint density at radius 1 is 1.21 bits per heavy atom. The van der Waals surface area contributed by atoms with Crippen molar-refractivity contribution in [1.82, 2.24) is 5.32 Å². The highest BCUT2D eigenvalue weighted by Gasteiger charge is 2.13. The largest absolute Gasteiger partial charge is 0.370 e. The fourth-order valence-corrected chi connectivity index (χ4v) is 2.27. The van der Waals surface area contributed by atoms with E-state index < -0.39 is 0 Å². The highest BCUT2D eigenvalue weighted by molar-refractivity contribution is 14.0. The van der Waals surface area contributed by atoms with Crippen LogP contribution in [0.1, 0.15) is 37.7 Å². The Bertz CT molecular complexity index is 400. The summed E-state index contributed by atoms with van der Waals surface area (Å²) in [5.41, 5.74) is 6.81. The van der Waals surface area contributed by atoms with Gasteiger partial charge < -0.3 is 11.1 Å². The molecule has 0 unspecified atom stereocenters. The third-order valence-corrected chi connectivity index (χ3v) is 3.30. The molecule has 0 aliphatic heterocycles. The minimum absolute atomic E-state index is 0. The molecular weight excluding hydrogens is 356 g/mol.